The first-order chi connectivity index (χ1) is 28.4. The molecule has 0 aromatic heterocycles. The van der Waals surface area contributed by atoms with Crippen molar-refractivity contribution in [3.05, 3.63) is 223 Å². The first kappa shape index (κ1) is 35.3. The molecule has 0 aliphatic heterocycles. The van der Waals surface area contributed by atoms with Gasteiger partial charge in [0.25, 0.3) is 0 Å². The van der Waals surface area contributed by atoms with E-state index < -0.39 is 0 Å². The summed E-state index contributed by atoms with van der Waals surface area (Å²) >= 11 is 0. The predicted octanol–water partition coefficient (Wildman–Crippen LogP) is 15.9. The van der Waals surface area contributed by atoms with Crippen molar-refractivity contribution in [1.82, 2.24) is 0 Å². The normalized spacial score (nSPS) is 12.7. The van der Waals surface area contributed by atoms with Gasteiger partial charge in [-0.2, -0.15) is 0 Å². The summed E-state index contributed by atoms with van der Waals surface area (Å²) in [5.41, 5.74) is 16.6. The van der Waals surface area contributed by atoms with Crippen LogP contribution in [0.3, 0.4) is 0 Å². The number of rotatable bonds is 8. The minimum Gasteiger partial charge on any atom is -0.310 e. The summed E-state index contributed by atoms with van der Waals surface area (Å²) in [6.45, 7) is 10.7. The van der Waals surface area contributed by atoms with Crippen LogP contribution in [0.1, 0.15) is 23.1 Å². The summed E-state index contributed by atoms with van der Waals surface area (Å²) in [6, 6.07) is 62.9. The van der Waals surface area contributed by atoms with Gasteiger partial charge in [-0.05, 0) is 126 Å². The largest absolute Gasteiger partial charge is 0.310 e. The molecule has 2 nitrogen and oxygen atoms in total. The Bertz CT molecular complexity index is 3020. The molecular formula is C56H44N2. The van der Waals surface area contributed by atoms with E-state index in [1.165, 1.54) is 71.3 Å². The van der Waals surface area contributed by atoms with Gasteiger partial charge in [-0.1, -0.05) is 162 Å². The second-order valence-electron chi connectivity index (χ2n) is 15.7. The van der Waals surface area contributed by atoms with Crippen molar-refractivity contribution in [2.45, 2.75) is 27.2 Å². The van der Waals surface area contributed by atoms with Crippen LogP contribution in [0.4, 0.5) is 28.4 Å². The maximum absolute atomic E-state index is 4.25. The highest BCUT2D eigenvalue weighted by Crippen LogP contribution is 2.47. The van der Waals surface area contributed by atoms with E-state index in [0.29, 0.717) is 0 Å². The van der Waals surface area contributed by atoms with E-state index >= 15 is 0 Å². The van der Waals surface area contributed by atoms with Gasteiger partial charge in [0.05, 0.1) is 11.4 Å². The molecule has 278 valence electrons. The molecule has 0 saturated heterocycles. The van der Waals surface area contributed by atoms with Crippen LogP contribution in [0, 0.1) is 20.8 Å². The van der Waals surface area contributed by atoms with Crippen LogP contribution >= 0.6 is 0 Å². The Kier molecular flexibility index (Phi) is 8.76. The van der Waals surface area contributed by atoms with Gasteiger partial charge in [-0.3, -0.25) is 0 Å². The maximum Gasteiger partial charge on any atom is 0.0540 e. The number of allylic oxidation sites excluding steroid dienone is 4. The third-order valence-electron chi connectivity index (χ3n) is 11.7. The molecule has 58 heavy (non-hydrogen) atoms. The summed E-state index contributed by atoms with van der Waals surface area (Å²) < 4.78 is 0. The fourth-order valence-electron chi connectivity index (χ4n) is 8.55. The molecule has 0 unspecified atom stereocenters. The molecule has 0 spiro atoms. The van der Waals surface area contributed by atoms with Crippen molar-refractivity contribution in [2.24, 2.45) is 0 Å². The first-order valence-electron chi connectivity index (χ1n) is 20.2. The van der Waals surface area contributed by atoms with E-state index in [-0.39, 0.29) is 0 Å². The molecule has 0 amide bonds. The van der Waals surface area contributed by atoms with E-state index in [1.807, 2.05) is 0 Å². The minimum atomic E-state index is 0.819. The topological polar surface area (TPSA) is 6.48 Å². The molecule has 0 radical (unpaired) electrons. The Morgan fingerprint density at radius 3 is 1.17 bits per heavy atom. The van der Waals surface area contributed by atoms with Crippen molar-refractivity contribution in [3.63, 3.8) is 0 Å². The van der Waals surface area contributed by atoms with Crippen molar-refractivity contribution < 1.29 is 0 Å². The molecule has 0 bridgehead atoms. The van der Waals surface area contributed by atoms with E-state index in [2.05, 4.69) is 225 Å². The SMILES string of the molecule is C=C1C=CC(N(c2ccc(-c3ccc(C)cc3)cc2)c2ccc3ccc4c(N(c5ccc(C)cc5)c5ccc(-c6ccc(C)cc6)cc5)ccc5ccc2c3c54)=CC1. The summed E-state index contributed by atoms with van der Waals surface area (Å²) in [7, 11) is 0. The van der Waals surface area contributed by atoms with E-state index in [4.69, 9.17) is 0 Å². The molecule has 0 N–H and O–H groups in total. The fraction of sp³-hybridized carbons (Fsp3) is 0.0714. The monoisotopic (exact) mass is 744 g/mol. The van der Waals surface area contributed by atoms with Gasteiger partial charge in [0.2, 0.25) is 0 Å². The van der Waals surface area contributed by atoms with Gasteiger partial charge in [0.1, 0.15) is 0 Å². The zero-order chi connectivity index (χ0) is 39.3. The molecule has 0 atom stereocenters. The molecule has 10 rings (SSSR count). The summed E-state index contributed by atoms with van der Waals surface area (Å²) in [5.74, 6) is 0. The third kappa shape index (κ3) is 6.33. The lowest BCUT2D eigenvalue weighted by atomic mass is 9.91. The summed E-state index contributed by atoms with van der Waals surface area (Å²) in [6.07, 6.45) is 7.48. The Labute approximate surface area is 341 Å². The average molecular weight is 745 g/mol. The molecule has 0 saturated carbocycles. The Balaban J connectivity index is 1.14. The molecule has 0 heterocycles. The summed E-state index contributed by atoms with van der Waals surface area (Å²) in [5, 5.41) is 7.46. The van der Waals surface area contributed by atoms with E-state index in [1.54, 1.807) is 0 Å². The van der Waals surface area contributed by atoms with Crippen LogP contribution in [-0.4, -0.2) is 0 Å². The quantitative estimate of drug-likeness (QED) is 0.143. The molecular weight excluding hydrogens is 701 g/mol. The Morgan fingerprint density at radius 1 is 0.379 bits per heavy atom. The van der Waals surface area contributed by atoms with E-state index in [0.717, 1.165) is 46.1 Å². The van der Waals surface area contributed by atoms with Crippen LogP contribution in [-0.2, 0) is 0 Å². The van der Waals surface area contributed by atoms with Gasteiger partial charge in [0.15, 0.2) is 0 Å². The van der Waals surface area contributed by atoms with Crippen LogP contribution < -0.4 is 9.80 Å². The van der Waals surface area contributed by atoms with Crippen LogP contribution in [0.2, 0.25) is 0 Å². The molecule has 1 aliphatic carbocycles. The lowest BCUT2D eigenvalue weighted by molar-refractivity contribution is 1.14. The van der Waals surface area contributed by atoms with Gasteiger partial charge >= 0.3 is 0 Å². The second-order valence-corrected chi connectivity index (χ2v) is 15.7. The smallest absolute Gasteiger partial charge is 0.0540 e. The fourth-order valence-corrected chi connectivity index (χ4v) is 8.55. The molecule has 0 fully saturated rings. The predicted molar refractivity (Wildman–Crippen MR) is 249 cm³/mol. The lowest BCUT2D eigenvalue weighted by Gasteiger charge is -2.30. The lowest BCUT2D eigenvalue weighted by Crippen LogP contribution is -2.17. The Morgan fingerprint density at radius 2 is 0.741 bits per heavy atom. The molecule has 9 aromatic rings. The third-order valence-corrected chi connectivity index (χ3v) is 11.7. The van der Waals surface area contributed by atoms with E-state index in [9.17, 15) is 0 Å². The minimum absolute atomic E-state index is 0.819. The number of anilines is 5. The van der Waals surface area contributed by atoms with Gasteiger partial charge in [-0.25, -0.2) is 0 Å². The summed E-state index contributed by atoms with van der Waals surface area (Å²) in [4.78, 5) is 4.83. The van der Waals surface area contributed by atoms with Gasteiger partial charge < -0.3 is 9.80 Å². The maximum atomic E-state index is 4.25. The number of aryl methyl sites for hydroxylation is 3. The second kappa shape index (κ2) is 14.4. The van der Waals surface area contributed by atoms with Crippen molar-refractivity contribution in [2.75, 3.05) is 9.80 Å². The highest BCUT2D eigenvalue weighted by Gasteiger charge is 2.22. The van der Waals surface area contributed by atoms with Crippen molar-refractivity contribution in [3.8, 4) is 22.3 Å². The highest BCUT2D eigenvalue weighted by molar-refractivity contribution is 6.28. The van der Waals surface area contributed by atoms with Crippen LogP contribution in [0.5, 0.6) is 0 Å². The van der Waals surface area contributed by atoms with Gasteiger partial charge in [-0.15, -0.1) is 0 Å². The van der Waals surface area contributed by atoms with Crippen LogP contribution in [0.25, 0.3) is 54.6 Å². The Hall–Kier alpha value is -7.16. The van der Waals surface area contributed by atoms with Gasteiger partial charge in [0, 0.05) is 33.5 Å². The number of nitrogens with zero attached hydrogens (tertiary/aromatic N) is 2. The van der Waals surface area contributed by atoms with Crippen molar-refractivity contribution >= 4 is 60.8 Å². The average Bonchev–Trinajstić information content (AvgIpc) is 3.26. The first-order valence-corrected chi connectivity index (χ1v) is 20.2. The highest BCUT2D eigenvalue weighted by atomic mass is 15.2. The molecule has 2 heteroatoms. The molecule has 1 aliphatic rings. The van der Waals surface area contributed by atoms with Crippen LogP contribution in [0.15, 0.2) is 206 Å². The molecule has 9 aromatic carbocycles. The number of hydrogen-bond donors (Lipinski definition) is 0. The number of hydrogen-bond acceptors (Lipinski definition) is 2. The van der Waals surface area contributed by atoms with Crippen molar-refractivity contribution in [1.29, 1.82) is 0 Å². The standard InChI is InChI=1S/C56H44N2/c1-37-5-13-41(14-6-37)43-17-29-49(30-18-43)57(47-25-9-39(3)10-26-47)53-35-23-45-22-34-52-54(36-24-46-21-33-51(53)55(45)56(46)52)58(48-27-11-40(4)12-28-48)50-31-19-44(20-32-50)42-15-7-38(2)8-16-42/h5-9,11-36H,3,10H2,1-2,4H3. The zero-order valence-electron chi connectivity index (χ0n) is 33.2. The number of benzene rings is 9. The zero-order valence-corrected chi connectivity index (χ0v) is 33.2.